The van der Waals surface area contributed by atoms with E-state index in [4.69, 9.17) is 9.47 Å². The van der Waals surface area contributed by atoms with Crippen LogP contribution in [-0.2, 0) is 4.79 Å². The number of nitrogens with one attached hydrogen (secondary N) is 2. The fraction of sp³-hybridized carbons (Fsp3) is 0.217. The Bertz CT molecular complexity index is 1100. The number of phenols is 1. The minimum absolute atomic E-state index is 0.0111. The molecule has 32 heavy (non-hydrogen) atoms. The molecule has 0 bridgehead atoms. The second kappa shape index (κ2) is 10.3. The maximum absolute atomic E-state index is 12.6. The van der Waals surface area contributed by atoms with Crippen molar-refractivity contribution in [2.24, 2.45) is 0 Å². The number of phenolic OH excluding ortho intramolecular Hbond substituents is 1. The molecule has 9 nitrogen and oxygen atoms in total. The number of aromatic nitrogens is 2. The lowest BCUT2D eigenvalue weighted by molar-refractivity contribution is -0.123. The standard InChI is InChI=1S/C23H24N4O5/c1-14(2)26-21(29)13-32-19-8-7-16(10-20(19)31-3)23(30)27-17-11-24-22(25-12-17)15-5-4-6-18(28)9-15/h4-12,14,28H,13H2,1-3H3,(H,26,29)(H,27,30). The summed E-state index contributed by atoms with van der Waals surface area (Å²) in [5.41, 5.74) is 1.40. The van der Waals surface area contributed by atoms with Gasteiger partial charge in [0.2, 0.25) is 0 Å². The van der Waals surface area contributed by atoms with Crippen LogP contribution in [0.1, 0.15) is 24.2 Å². The summed E-state index contributed by atoms with van der Waals surface area (Å²) in [5, 5.41) is 15.0. The highest BCUT2D eigenvalue weighted by molar-refractivity contribution is 6.04. The zero-order chi connectivity index (χ0) is 23.1. The average molecular weight is 436 g/mol. The fourth-order valence-electron chi connectivity index (χ4n) is 2.82. The molecule has 0 unspecified atom stereocenters. The predicted molar refractivity (Wildman–Crippen MR) is 119 cm³/mol. The third-order valence-electron chi connectivity index (χ3n) is 4.25. The molecule has 0 saturated carbocycles. The number of nitrogens with zero attached hydrogens (tertiary/aromatic N) is 2. The highest BCUT2D eigenvalue weighted by Gasteiger charge is 2.14. The van der Waals surface area contributed by atoms with Gasteiger partial charge < -0.3 is 25.2 Å². The van der Waals surface area contributed by atoms with E-state index in [2.05, 4.69) is 20.6 Å². The highest BCUT2D eigenvalue weighted by atomic mass is 16.5. The van der Waals surface area contributed by atoms with Crippen molar-refractivity contribution in [3.8, 4) is 28.6 Å². The number of benzene rings is 2. The number of rotatable bonds is 8. The molecule has 0 aliphatic rings. The van der Waals surface area contributed by atoms with Crippen molar-refractivity contribution in [3.63, 3.8) is 0 Å². The molecule has 0 atom stereocenters. The average Bonchev–Trinajstić information content (AvgIpc) is 2.77. The van der Waals surface area contributed by atoms with Gasteiger partial charge in [-0.05, 0) is 44.2 Å². The van der Waals surface area contributed by atoms with Gasteiger partial charge in [0.25, 0.3) is 11.8 Å². The van der Waals surface area contributed by atoms with Crippen LogP contribution in [0.2, 0.25) is 0 Å². The van der Waals surface area contributed by atoms with Gasteiger partial charge in [0, 0.05) is 17.2 Å². The molecule has 2 aromatic carbocycles. The molecule has 0 aliphatic heterocycles. The van der Waals surface area contributed by atoms with Crippen molar-refractivity contribution in [1.82, 2.24) is 15.3 Å². The number of carbonyl (C=O) groups excluding carboxylic acids is 2. The molecule has 166 valence electrons. The molecular formula is C23H24N4O5. The van der Waals surface area contributed by atoms with Crippen molar-refractivity contribution < 1.29 is 24.2 Å². The van der Waals surface area contributed by atoms with Crippen molar-refractivity contribution in [3.05, 3.63) is 60.4 Å². The van der Waals surface area contributed by atoms with Gasteiger partial charge in [0.15, 0.2) is 23.9 Å². The van der Waals surface area contributed by atoms with Gasteiger partial charge in [-0.1, -0.05) is 12.1 Å². The third-order valence-corrected chi connectivity index (χ3v) is 4.25. The van der Waals surface area contributed by atoms with E-state index in [0.717, 1.165) is 0 Å². The van der Waals surface area contributed by atoms with Crippen LogP contribution < -0.4 is 20.1 Å². The Morgan fingerprint density at radius 1 is 1.06 bits per heavy atom. The molecule has 9 heteroatoms. The summed E-state index contributed by atoms with van der Waals surface area (Å²) in [6.07, 6.45) is 2.96. The second-order valence-corrected chi connectivity index (χ2v) is 7.18. The molecule has 1 aromatic heterocycles. The van der Waals surface area contributed by atoms with Crippen molar-refractivity contribution in [2.45, 2.75) is 19.9 Å². The van der Waals surface area contributed by atoms with E-state index in [1.807, 2.05) is 13.8 Å². The molecule has 3 rings (SSSR count). The van der Waals surface area contributed by atoms with Crippen molar-refractivity contribution >= 4 is 17.5 Å². The molecule has 0 spiro atoms. The maximum atomic E-state index is 12.6. The monoisotopic (exact) mass is 436 g/mol. The maximum Gasteiger partial charge on any atom is 0.258 e. The van der Waals surface area contributed by atoms with E-state index in [0.29, 0.717) is 34.1 Å². The number of methoxy groups -OCH3 is 1. The number of hydrogen-bond donors (Lipinski definition) is 3. The van der Waals surface area contributed by atoms with Gasteiger partial charge in [-0.25, -0.2) is 9.97 Å². The van der Waals surface area contributed by atoms with E-state index in [-0.39, 0.29) is 30.2 Å². The van der Waals surface area contributed by atoms with E-state index in [1.54, 1.807) is 36.4 Å². The number of anilines is 1. The lowest BCUT2D eigenvalue weighted by Gasteiger charge is -2.13. The van der Waals surface area contributed by atoms with Crippen molar-refractivity contribution in [1.29, 1.82) is 0 Å². The van der Waals surface area contributed by atoms with Gasteiger partial charge in [-0.2, -0.15) is 0 Å². The molecule has 3 N–H and O–H groups in total. The molecule has 1 heterocycles. The Kier molecular flexibility index (Phi) is 7.22. The van der Waals surface area contributed by atoms with Gasteiger partial charge in [-0.3, -0.25) is 9.59 Å². The third kappa shape index (κ3) is 5.94. The lowest BCUT2D eigenvalue weighted by atomic mass is 10.2. The molecule has 2 amide bonds. The molecule has 0 radical (unpaired) electrons. The van der Waals surface area contributed by atoms with Crippen molar-refractivity contribution in [2.75, 3.05) is 19.0 Å². The summed E-state index contributed by atoms with van der Waals surface area (Å²) in [6, 6.07) is 11.2. The van der Waals surface area contributed by atoms with Crippen LogP contribution in [-0.4, -0.2) is 46.6 Å². The van der Waals surface area contributed by atoms with E-state index in [9.17, 15) is 14.7 Å². The van der Waals surface area contributed by atoms with Gasteiger partial charge in [-0.15, -0.1) is 0 Å². The lowest BCUT2D eigenvalue weighted by Crippen LogP contribution is -2.34. The fourth-order valence-corrected chi connectivity index (χ4v) is 2.82. The molecule has 0 fully saturated rings. The summed E-state index contributed by atoms with van der Waals surface area (Å²) in [7, 11) is 1.45. The number of hydrogen-bond acceptors (Lipinski definition) is 7. The minimum Gasteiger partial charge on any atom is -0.508 e. The second-order valence-electron chi connectivity index (χ2n) is 7.18. The minimum atomic E-state index is -0.388. The Balaban J connectivity index is 1.66. The first kappa shape index (κ1) is 22.5. The van der Waals surface area contributed by atoms with Crippen LogP contribution in [0.15, 0.2) is 54.9 Å². The van der Waals surface area contributed by atoms with Crippen LogP contribution >= 0.6 is 0 Å². The van der Waals surface area contributed by atoms with Crippen LogP contribution in [0.5, 0.6) is 17.2 Å². The first-order valence-electron chi connectivity index (χ1n) is 9.88. The van der Waals surface area contributed by atoms with Gasteiger partial charge in [0.05, 0.1) is 25.2 Å². The zero-order valence-corrected chi connectivity index (χ0v) is 18.0. The number of carbonyl (C=O) groups is 2. The highest BCUT2D eigenvalue weighted by Crippen LogP contribution is 2.28. The largest absolute Gasteiger partial charge is 0.508 e. The predicted octanol–water partition coefficient (Wildman–Crippen LogP) is 3.01. The summed E-state index contributed by atoms with van der Waals surface area (Å²) in [4.78, 5) is 32.8. The Labute approximate surface area is 185 Å². The number of ether oxygens (including phenoxy) is 2. The number of amides is 2. The summed E-state index contributed by atoms with van der Waals surface area (Å²) in [5.74, 6) is 0.570. The summed E-state index contributed by atoms with van der Waals surface area (Å²) >= 11 is 0. The van der Waals surface area contributed by atoms with Crippen LogP contribution in [0.3, 0.4) is 0 Å². The first-order chi connectivity index (χ1) is 15.4. The zero-order valence-electron chi connectivity index (χ0n) is 18.0. The summed E-state index contributed by atoms with van der Waals surface area (Å²) in [6.45, 7) is 3.55. The van der Waals surface area contributed by atoms with Gasteiger partial charge >= 0.3 is 0 Å². The summed E-state index contributed by atoms with van der Waals surface area (Å²) < 4.78 is 10.8. The van der Waals surface area contributed by atoms with E-state index < -0.39 is 0 Å². The van der Waals surface area contributed by atoms with E-state index in [1.165, 1.54) is 25.6 Å². The SMILES string of the molecule is COc1cc(C(=O)Nc2cnc(-c3cccc(O)c3)nc2)ccc1OCC(=O)NC(C)C. The van der Waals surface area contributed by atoms with E-state index >= 15 is 0 Å². The topological polar surface area (TPSA) is 123 Å². The quantitative estimate of drug-likeness (QED) is 0.496. The first-order valence-corrected chi connectivity index (χ1v) is 9.88. The van der Waals surface area contributed by atoms with Crippen LogP contribution in [0.25, 0.3) is 11.4 Å². The Morgan fingerprint density at radius 3 is 2.47 bits per heavy atom. The number of aromatic hydroxyl groups is 1. The Hall–Kier alpha value is -4.14. The Morgan fingerprint density at radius 2 is 1.81 bits per heavy atom. The molecule has 0 aliphatic carbocycles. The molecule has 0 saturated heterocycles. The molecular weight excluding hydrogens is 412 g/mol. The van der Waals surface area contributed by atoms with Crippen LogP contribution in [0, 0.1) is 0 Å². The van der Waals surface area contributed by atoms with Gasteiger partial charge in [0.1, 0.15) is 5.75 Å². The van der Waals surface area contributed by atoms with Crippen LogP contribution in [0.4, 0.5) is 5.69 Å². The molecule has 3 aromatic rings. The smallest absolute Gasteiger partial charge is 0.258 e. The normalized spacial score (nSPS) is 10.5.